The molecule has 26 heavy (non-hydrogen) atoms. The van der Waals surface area contributed by atoms with Crippen LogP contribution in [0.3, 0.4) is 0 Å². The third-order valence-corrected chi connectivity index (χ3v) is 5.92. The second-order valence-electron chi connectivity index (χ2n) is 6.14. The number of carbonyl (C=O) groups is 1. The Hall–Kier alpha value is -2.35. The van der Waals surface area contributed by atoms with Crippen molar-refractivity contribution >= 4 is 21.5 Å². The molecular formula is C18H16F3NO3S. The highest BCUT2D eigenvalue weighted by atomic mass is 32.2. The largest absolute Gasteiger partial charge is 0.454 e. The van der Waals surface area contributed by atoms with Gasteiger partial charge in [0.1, 0.15) is 0 Å². The van der Waals surface area contributed by atoms with E-state index in [-0.39, 0.29) is 23.0 Å². The summed E-state index contributed by atoms with van der Waals surface area (Å²) < 4.78 is 65.9. The monoisotopic (exact) mass is 383 g/mol. The van der Waals surface area contributed by atoms with Gasteiger partial charge in [0.2, 0.25) is 0 Å². The number of para-hydroxylation sites is 1. The molecule has 2 aromatic carbocycles. The number of ketones is 1. The van der Waals surface area contributed by atoms with Crippen molar-refractivity contribution in [3.05, 3.63) is 60.2 Å². The predicted molar refractivity (Wildman–Crippen MR) is 90.5 cm³/mol. The van der Waals surface area contributed by atoms with Crippen LogP contribution in [0.5, 0.6) is 0 Å². The van der Waals surface area contributed by atoms with Crippen LogP contribution in [-0.4, -0.2) is 26.9 Å². The Kier molecular flexibility index (Phi) is 4.79. The summed E-state index contributed by atoms with van der Waals surface area (Å²) in [5.74, 6) is -1.99. The number of sulfonamides is 1. The molecule has 2 aromatic rings. The van der Waals surface area contributed by atoms with Gasteiger partial charge in [-0.25, -0.2) is 8.42 Å². The van der Waals surface area contributed by atoms with Crippen LogP contribution in [0.15, 0.2) is 59.5 Å². The Bertz CT molecular complexity index is 907. The van der Waals surface area contributed by atoms with E-state index in [0.717, 1.165) is 23.2 Å². The highest BCUT2D eigenvalue weighted by molar-refractivity contribution is 7.92. The average molecular weight is 383 g/mol. The molecule has 0 aromatic heterocycles. The van der Waals surface area contributed by atoms with E-state index in [0.29, 0.717) is 0 Å². The zero-order chi connectivity index (χ0) is 18.9. The van der Waals surface area contributed by atoms with Crippen molar-refractivity contribution in [2.24, 2.45) is 5.92 Å². The van der Waals surface area contributed by atoms with Crippen LogP contribution in [0, 0.1) is 5.92 Å². The van der Waals surface area contributed by atoms with Crippen molar-refractivity contribution in [2.45, 2.75) is 23.9 Å². The van der Waals surface area contributed by atoms with E-state index in [1.165, 1.54) is 42.5 Å². The fourth-order valence-electron chi connectivity index (χ4n) is 2.62. The Balaban J connectivity index is 2.12. The number of benzene rings is 2. The fraction of sp³-hybridized carbons (Fsp3) is 0.278. The van der Waals surface area contributed by atoms with E-state index in [9.17, 15) is 26.4 Å². The minimum absolute atomic E-state index is 0.0325. The van der Waals surface area contributed by atoms with Crippen LogP contribution in [0.2, 0.25) is 0 Å². The molecule has 3 rings (SSSR count). The van der Waals surface area contributed by atoms with Gasteiger partial charge in [0, 0.05) is 6.54 Å². The quantitative estimate of drug-likeness (QED) is 0.708. The number of hydrogen-bond donors (Lipinski definition) is 0. The van der Waals surface area contributed by atoms with Crippen molar-refractivity contribution in [2.75, 3.05) is 10.8 Å². The lowest BCUT2D eigenvalue weighted by Crippen LogP contribution is -2.35. The van der Waals surface area contributed by atoms with Crippen molar-refractivity contribution < 1.29 is 26.4 Å². The lowest BCUT2D eigenvalue weighted by molar-refractivity contribution is -0.0884. The molecule has 0 radical (unpaired) electrons. The Morgan fingerprint density at radius 1 is 1.00 bits per heavy atom. The molecule has 1 aliphatic rings. The number of hydrogen-bond acceptors (Lipinski definition) is 3. The van der Waals surface area contributed by atoms with Crippen LogP contribution in [0.4, 0.5) is 18.9 Å². The third-order valence-electron chi connectivity index (χ3n) is 4.13. The van der Waals surface area contributed by atoms with Crippen molar-refractivity contribution in [1.29, 1.82) is 0 Å². The first-order chi connectivity index (χ1) is 12.2. The number of halogens is 3. The first-order valence-electron chi connectivity index (χ1n) is 7.99. The van der Waals surface area contributed by atoms with Crippen LogP contribution in [0.25, 0.3) is 0 Å². The van der Waals surface area contributed by atoms with E-state index >= 15 is 0 Å². The van der Waals surface area contributed by atoms with E-state index in [1.54, 1.807) is 6.07 Å². The molecule has 1 saturated carbocycles. The first-order valence-corrected chi connectivity index (χ1v) is 9.43. The predicted octanol–water partition coefficient (Wildman–Crippen LogP) is 4.04. The molecule has 8 heteroatoms. The number of carbonyl (C=O) groups excluding carboxylic acids is 1. The van der Waals surface area contributed by atoms with Gasteiger partial charge in [-0.15, -0.1) is 0 Å². The summed E-state index contributed by atoms with van der Waals surface area (Å²) in [4.78, 5) is 11.8. The van der Waals surface area contributed by atoms with Gasteiger partial charge >= 0.3 is 6.18 Å². The molecule has 0 N–H and O–H groups in total. The summed E-state index contributed by atoms with van der Waals surface area (Å²) in [7, 11) is -4.10. The molecular weight excluding hydrogens is 367 g/mol. The van der Waals surface area contributed by atoms with Crippen LogP contribution < -0.4 is 4.31 Å². The summed E-state index contributed by atoms with van der Waals surface area (Å²) in [5, 5.41) is 0. The highest BCUT2D eigenvalue weighted by Gasteiger charge is 2.42. The lowest BCUT2D eigenvalue weighted by atomic mass is 10.1. The molecule has 0 saturated heterocycles. The topological polar surface area (TPSA) is 54.5 Å². The Morgan fingerprint density at radius 2 is 1.58 bits per heavy atom. The molecule has 0 spiro atoms. The fourth-order valence-corrected chi connectivity index (χ4v) is 4.20. The van der Waals surface area contributed by atoms with Crippen LogP contribution in [0.1, 0.15) is 23.2 Å². The molecule has 4 nitrogen and oxygen atoms in total. The number of rotatable bonds is 6. The highest BCUT2D eigenvalue weighted by Crippen LogP contribution is 2.37. The summed E-state index contributed by atoms with van der Waals surface area (Å²) in [6.45, 7) is 0.0410. The second-order valence-corrected chi connectivity index (χ2v) is 8.00. The molecule has 1 aliphatic carbocycles. The summed E-state index contributed by atoms with van der Waals surface area (Å²) in [5.41, 5.74) is -0.911. The number of alkyl halides is 3. The summed E-state index contributed by atoms with van der Waals surface area (Å²) >= 11 is 0. The third kappa shape index (κ3) is 3.75. The Labute approximate surface area is 149 Å². The van der Waals surface area contributed by atoms with Gasteiger partial charge in [-0.3, -0.25) is 9.10 Å². The molecule has 0 bridgehead atoms. The van der Waals surface area contributed by atoms with Gasteiger partial charge < -0.3 is 0 Å². The second kappa shape index (κ2) is 6.75. The zero-order valence-electron chi connectivity index (χ0n) is 13.6. The van der Waals surface area contributed by atoms with E-state index in [4.69, 9.17) is 0 Å². The van der Waals surface area contributed by atoms with Crippen LogP contribution >= 0.6 is 0 Å². The molecule has 0 heterocycles. The lowest BCUT2D eigenvalue weighted by Gasteiger charge is -2.26. The number of Topliss-reactive ketones (excluding diaryl/α,β-unsaturated/α-hetero) is 1. The summed E-state index contributed by atoms with van der Waals surface area (Å²) in [6.07, 6.45) is -3.48. The van der Waals surface area contributed by atoms with Gasteiger partial charge in [0.15, 0.2) is 0 Å². The minimum Gasteiger partial charge on any atom is -0.284 e. The summed E-state index contributed by atoms with van der Waals surface area (Å²) in [6, 6.07) is 12.4. The maximum absolute atomic E-state index is 13.1. The van der Waals surface area contributed by atoms with Crippen molar-refractivity contribution in [3.63, 3.8) is 0 Å². The number of anilines is 1. The van der Waals surface area contributed by atoms with Crippen LogP contribution in [-0.2, 0) is 10.0 Å². The van der Waals surface area contributed by atoms with Gasteiger partial charge in [-0.1, -0.05) is 30.3 Å². The first kappa shape index (κ1) is 18.4. The molecule has 0 atom stereocenters. The smallest absolute Gasteiger partial charge is 0.284 e. The maximum Gasteiger partial charge on any atom is 0.454 e. The van der Waals surface area contributed by atoms with Gasteiger partial charge in [0.05, 0.1) is 16.1 Å². The van der Waals surface area contributed by atoms with Crippen molar-refractivity contribution in [1.82, 2.24) is 0 Å². The van der Waals surface area contributed by atoms with E-state index in [1.807, 2.05) is 0 Å². The maximum atomic E-state index is 13.1. The normalized spacial score (nSPS) is 14.9. The standard InChI is InChI=1S/C18H16F3NO3S/c19-18(20,21)17(23)15-8-4-5-9-16(15)22(12-13-10-11-13)26(24,25)14-6-2-1-3-7-14/h1-9,13H,10-12H2. The Morgan fingerprint density at radius 3 is 2.15 bits per heavy atom. The van der Waals surface area contributed by atoms with Gasteiger partial charge in [-0.2, -0.15) is 13.2 Å². The zero-order valence-corrected chi connectivity index (χ0v) is 14.4. The average Bonchev–Trinajstić information content (AvgIpc) is 3.43. The molecule has 1 fully saturated rings. The minimum atomic E-state index is -5.09. The molecule has 138 valence electrons. The van der Waals surface area contributed by atoms with Crippen molar-refractivity contribution in [3.8, 4) is 0 Å². The molecule has 0 unspecified atom stereocenters. The van der Waals surface area contributed by atoms with E-state index < -0.39 is 27.5 Å². The SMILES string of the molecule is O=C(c1ccccc1N(CC1CC1)S(=O)(=O)c1ccccc1)C(F)(F)F. The van der Waals surface area contributed by atoms with Gasteiger partial charge in [-0.05, 0) is 43.0 Å². The number of nitrogens with zero attached hydrogens (tertiary/aromatic N) is 1. The molecule has 0 amide bonds. The van der Waals surface area contributed by atoms with Gasteiger partial charge in [0.25, 0.3) is 15.8 Å². The molecule has 0 aliphatic heterocycles. The van der Waals surface area contributed by atoms with E-state index in [2.05, 4.69) is 0 Å².